The number of nitriles is 1. The molecule has 1 aliphatic heterocycles. The average molecular weight is 342 g/mol. The van der Waals surface area contributed by atoms with Gasteiger partial charge in [-0.1, -0.05) is 15.9 Å². The van der Waals surface area contributed by atoms with Crippen molar-refractivity contribution in [3.05, 3.63) is 58.6 Å². The van der Waals surface area contributed by atoms with Crippen molar-refractivity contribution in [2.24, 2.45) is 0 Å². The first kappa shape index (κ1) is 14.0. The summed E-state index contributed by atoms with van der Waals surface area (Å²) in [5.41, 5.74) is 3.19. The highest BCUT2D eigenvalue weighted by molar-refractivity contribution is 9.10. The highest BCUT2D eigenvalue weighted by Crippen LogP contribution is 2.22. The lowest BCUT2D eigenvalue weighted by Crippen LogP contribution is -2.46. The largest absolute Gasteiger partial charge is 0.368 e. The molecule has 1 aliphatic rings. The summed E-state index contributed by atoms with van der Waals surface area (Å²) in [6.07, 6.45) is 0. The van der Waals surface area contributed by atoms with Crippen LogP contribution < -0.4 is 9.80 Å². The molecule has 0 radical (unpaired) electrons. The quantitative estimate of drug-likeness (QED) is 0.835. The zero-order chi connectivity index (χ0) is 14.7. The summed E-state index contributed by atoms with van der Waals surface area (Å²) in [6, 6.07) is 18.5. The van der Waals surface area contributed by atoms with Crippen molar-refractivity contribution in [1.29, 1.82) is 5.26 Å². The van der Waals surface area contributed by atoms with Crippen molar-refractivity contribution < 1.29 is 0 Å². The Hall–Kier alpha value is -1.99. The monoisotopic (exact) mass is 341 g/mol. The molecular weight excluding hydrogens is 326 g/mol. The van der Waals surface area contributed by atoms with Crippen molar-refractivity contribution in [3.63, 3.8) is 0 Å². The van der Waals surface area contributed by atoms with Gasteiger partial charge in [0.05, 0.1) is 11.6 Å². The van der Waals surface area contributed by atoms with E-state index in [4.69, 9.17) is 5.26 Å². The Bertz CT molecular complexity index is 635. The highest BCUT2D eigenvalue weighted by atomic mass is 79.9. The van der Waals surface area contributed by atoms with Crippen LogP contribution in [0.15, 0.2) is 53.0 Å². The van der Waals surface area contributed by atoms with E-state index >= 15 is 0 Å². The van der Waals surface area contributed by atoms with E-state index < -0.39 is 0 Å². The maximum absolute atomic E-state index is 8.85. The molecule has 1 heterocycles. The molecule has 4 heteroatoms. The number of benzene rings is 2. The third-order valence-corrected chi connectivity index (χ3v) is 4.36. The van der Waals surface area contributed by atoms with E-state index in [2.05, 4.69) is 56.1 Å². The molecule has 1 saturated heterocycles. The van der Waals surface area contributed by atoms with Crippen molar-refractivity contribution >= 4 is 27.3 Å². The molecule has 0 amide bonds. The minimum Gasteiger partial charge on any atom is -0.368 e. The Kier molecular flexibility index (Phi) is 4.12. The van der Waals surface area contributed by atoms with Gasteiger partial charge in [-0.15, -0.1) is 0 Å². The Balaban J connectivity index is 1.64. The molecule has 0 aliphatic carbocycles. The second-order valence-corrected chi connectivity index (χ2v) is 6.02. The van der Waals surface area contributed by atoms with E-state index in [1.165, 1.54) is 11.4 Å². The molecule has 0 aromatic heterocycles. The van der Waals surface area contributed by atoms with E-state index in [1.807, 2.05) is 24.3 Å². The fraction of sp³-hybridized carbons (Fsp3) is 0.235. The van der Waals surface area contributed by atoms with Crippen LogP contribution in [0.4, 0.5) is 11.4 Å². The van der Waals surface area contributed by atoms with E-state index in [0.29, 0.717) is 5.56 Å². The van der Waals surface area contributed by atoms with E-state index in [-0.39, 0.29) is 0 Å². The van der Waals surface area contributed by atoms with Crippen molar-refractivity contribution in [2.75, 3.05) is 36.0 Å². The zero-order valence-electron chi connectivity index (χ0n) is 11.7. The van der Waals surface area contributed by atoms with Crippen LogP contribution in [0.5, 0.6) is 0 Å². The lowest BCUT2D eigenvalue weighted by Gasteiger charge is -2.37. The molecule has 0 spiro atoms. The predicted octanol–water partition coefficient (Wildman–Crippen LogP) is 3.65. The average Bonchev–Trinajstić information content (AvgIpc) is 2.56. The summed E-state index contributed by atoms with van der Waals surface area (Å²) in [4.78, 5) is 4.78. The third-order valence-electron chi connectivity index (χ3n) is 3.83. The first-order valence-corrected chi connectivity index (χ1v) is 7.81. The fourth-order valence-electron chi connectivity index (χ4n) is 2.62. The van der Waals surface area contributed by atoms with Crippen molar-refractivity contribution in [3.8, 4) is 6.07 Å². The van der Waals surface area contributed by atoms with Gasteiger partial charge in [0, 0.05) is 42.0 Å². The molecule has 2 aromatic rings. The number of halogens is 1. The number of hydrogen-bond donors (Lipinski definition) is 0. The van der Waals surface area contributed by atoms with Crippen LogP contribution in [0.2, 0.25) is 0 Å². The van der Waals surface area contributed by atoms with Gasteiger partial charge in [0.15, 0.2) is 0 Å². The van der Waals surface area contributed by atoms with Gasteiger partial charge in [0.1, 0.15) is 0 Å². The molecule has 3 rings (SSSR count). The second-order valence-electron chi connectivity index (χ2n) is 5.11. The van der Waals surface area contributed by atoms with E-state index in [0.717, 1.165) is 30.7 Å². The van der Waals surface area contributed by atoms with Crippen LogP contribution >= 0.6 is 15.9 Å². The molecule has 0 unspecified atom stereocenters. The number of anilines is 2. The van der Waals surface area contributed by atoms with Gasteiger partial charge in [-0.3, -0.25) is 0 Å². The first-order chi connectivity index (χ1) is 10.3. The maximum atomic E-state index is 8.85. The van der Waals surface area contributed by atoms with Crippen molar-refractivity contribution in [1.82, 2.24) is 0 Å². The highest BCUT2D eigenvalue weighted by Gasteiger charge is 2.17. The zero-order valence-corrected chi connectivity index (χ0v) is 13.3. The molecular formula is C17H16BrN3. The number of hydrogen-bond acceptors (Lipinski definition) is 3. The Morgan fingerprint density at radius 2 is 1.19 bits per heavy atom. The summed E-state index contributed by atoms with van der Waals surface area (Å²) in [7, 11) is 0. The van der Waals surface area contributed by atoms with Crippen LogP contribution in [0.25, 0.3) is 0 Å². The SMILES string of the molecule is N#Cc1ccc(N2CCN(c3ccc(Br)cc3)CC2)cc1. The summed E-state index contributed by atoms with van der Waals surface area (Å²) >= 11 is 3.47. The Labute approximate surface area is 133 Å². The van der Waals surface area contributed by atoms with Gasteiger partial charge in [-0.25, -0.2) is 0 Å². The van der Waals surface area contributed by atoms with Gasteiger partial charge < -0.3 is 9.80 Å². The van der Waals surface area contributed by atoms with Gasteiger partial charge in [0.25, 0.3) is 0 Å². The molecule has 0 saturated carbocycles. The summed E-state index contributed by atoms with van der Waals surface area (Å²) in [5, 5.41) is 8.85. The smallest absolute Gasteiger partial charge is 0.0991 e. The van der Waals surface area contributed by atoms with E-state index in [9.17, 15) is 0 Å². The van der Waals surface area contributed by atoms with Crippen LogP contribution in [0.3, 0.4) is 0 Å². The Morgan fingerprint density at radius 1 is 0.762 bits per heavy atom. The standard InChI is InChI=1S/C17H16BrN3/c18-15-3-7-17(8-4-15)21-11-9-20(10-12-21)16-5-1-14(13-19)2-6-16/h1-8H,9-12H2. The van der Waals surface area contributed by atoms with Gasteiger partial charge in [0.2, 0.25) is 0 Å². The maximum Gasteiger partial charge on any atom is 0.0991 e. The lowest BCUT2D eigenvalue weighted by molar-refractivity contribution is 0.653. The minimum atomic E-state index is 0.715. The topological polar surface area (TPSA) is 30.3 Å². The van der Waals surface area contributed by atoms with Crippen LogP contribution in [-0.4, -0.2) is 26.2 Å². The minimum absolute atomic E-state index is 0.715. The van der Waals surface area contributed by atoms with Crippen LogP contribution in [-0.2, 0) is 0 Å². The molecule has 3 nitrogen and oxygen atoms in total. The second kappa shape index (κ2) is 6.19. The molecule has 0 N–H and O–H groups in total. The van der Waals surface area contributed by atoms with Crippen molar-refractivity contribution in [2.45, 2.75) is 0 Å². The molecule has 21 heavy (non-hydrogen) atoms. The molecule has 0 atom stereocenters. The number of nitrogens with zero attached hydrogens (tertiary/aromatic N) is 3. The molecule has 2 aromatic carbocycles. The lowest BCUT2D eigenvalue weighted by atomic mass is 10.2. The van der Waals surface area contributed by atoms with E-state index in [1.54, 1.807) is 0 Å². The summed E-state index contributed by atoms with van der Waals surface area (Å²) in [5.74, 6) is 0. The van der Waals surface area contributed by atoms with Gasteiger partial charge >= 0.3 is 0 Å². The number of piperazine rings is 1. The van der Waals surface area contributed by atoms with Gasteiger partial charge in [-0.2, -0.15) is 5.26 Å². The third kappa shape index (κ3) is 3.20. The molecule has 106 valence electrons. The van der Waals surface area contributed by atoms with Crippen LogP contribution in [0.1, 0.15) is 5.56 Å². The predicted molar refractivity (Wildman–Crippen MR) is 89.7 cm³/mol. The number of rotatable bonds is 2. The summed E-state index contributed by atoms with van der Waals surface area (Å²) < 4.78 is 1.11. The normalized spacial score (nSPS) is 14.9. The molecule has 0 bridgehead atoms. The van der Waals surface area contributed by atoms with Gasteiger partial charge in [-0.05, 0) is 48.5 Å². The summed E-state index contributed by atoms with van der Waals surface area (Å²) in [6.45, 7) is 4.03. The first-order valence-electron chi connectivity index (χ1n) is 7.02. The molecule has 1 fully saturated rings. The fourth-order valence-corrected chi connectivity index (χ4v) is 2.89. The Morgan fingerprint density at radius 3 is 1.62 bits per heavy atom. The van der Waals surface area contributed by atoms with Crippen LogP contribution in [0, 0.1) is 11.3 Å².